The van der Waals surface area contributed by atoms with E-state index in [1.165, 1.54) is 22.8 Å². The van der Waals surface area contributed by atoms with Crippen LogP contribution in [0, 0.1) is 0 Å². The Labute approximate surface area is 105 Å². The fourth-order valence-electron chi connectivity index (χ4n) is 1.83. The summed E-state index contributed by atoms with van der Waals surface area (Å²) in [6, 6.07) is 8.25. The zero-order valence-electron chi connectivity index (χ0n) is 11.2. The van der Waals surface area contributed by atoms with E-state index in [0.29, 0.717) is 0 Å². The Morgan fingerprint density at radius 1 is 1.06 bits per heavy atom. The highest BCUT2D eigenvalue weighted by atomic mass is 14.1. The normalized spacial score (nSPS) is 15.6. The van der Waals surface area contributed by atoms with Gasteiger partial charge in [-0.3, -0.25) is 0 Å². The molecule has 0 bridgehead atoms. The van der Waals surface area contributed by atoms with E-state index in [4.69, 9.17) is 0 Å². The zero-order chi connectivity index (χ0) is 12.7. The smallest absolute Gasteiger partial charge is 0.0184 e. The predicted molar refractivity (Wildman–Crippen MR) is 78.1 cm³/mol. The van der Waals surface area contributed by atoms with E-state index in [-0.39, 0.29) is 0 Å². The number of rotatable bonds is 1. The van der Waals surface area contributed by atoms with Gasteiger partial charge in [-0.2, -0.15) is 0 Å². The first kappa shape index (κ1) is 13.5. The molecular formula is C17H22. The molecule has 2 rings (SSSR count). The van der Waals surface area contributed by atoms with Crippen LogP contribution in [-0.2, 0) is 0 Å². The molecule has 17 heavy (non-hydrogen) atoms. The van der Waals surface area contributed by atoms with Crippen molar-refractivity contribution in [3.05, 3.63) is 58.0 Å². The van der Waals surface area contributed by atoms with Crippen molar-refractivity contribution >= 4 is 12.7 Å². The molecule has 90 valence electrons. The summed E-state index contributed by atoms with van der Waals surface area (Å²) in [6.07, 6.45) is 9.17. The van der Waals surface area contributed by atoms with Gasteiger partial charge in [0.15, 0.2) is 0 Å². The van der Waals surface area contributed by atoms with Crippen molar-refractivity contribution in [2.45, 2.75) is 33.6 Å². The Balaban J connectivity index is 0.000000686. The number of hydrogen-bond donors (Lipinski definition) is 0. The van der Waals surface area contributed by atoms with Gasteiger partial charge in [0.1, 0.15) is 0 Å². The summed E-state index contributed by atoms with van der Waals surface area (Å²) < 4.78 is 0. The maximum Gasteiger partial charge on any atom is -0.0184 e. The van der Waals surface area contributed by atoms with Gasteiger partial charge in [0, 0.05) is 0 Å². The summed E-state index contributed by atoms with van der Waals surface area (Å²) in [5.41, 5.74) is 2.72. The van der Waals surface area contributed by atoms with Crippen LogP contribution in [0.1, 0.15) is 33.6 Å². The average Bonchev–Trinajstić information content (AvgIpc) is 2.37. The summed E-state index contributed by atoms with van der Waals surface area (Å²) in [5, 5.41) is 2.31. The molecule has 0 saturated carbocycles. The van der Waals surface area contributed by atoms with Gasteiger partial charge >= 0.3 is 0 Å². The van der Waals surface area contributed by atoms with E-state index in [1.807, 2.05) is 26.0 Å². The monoisotopic (exact) mass is 226 g/mol. The second-order valence-electron chi connectivity index (χ2n) is 3.97. The van der Waals surface area contributed by atoms with Crippen molar-refractivity contribution in [3.63, 3.8) is 0 Å². The number of hydrogen-bond acceptors (Lipinski definition) is 0. The molecule has 1 aliphatic carbocycles. The quantitative estimate of drug-likeness (QED) is 0.686. The third-order valence-electron chi connectivity index (χ3n) is 2.80. The maximum atomic E-state index is 4.03. The summed E-state index contributed by atoms with van der Waals surface area (Å²) in [6.45, 7) is 10.2. The highest BCUT2D eigenvalue weighted by molar-refractivity contribution is 5.58. The third kappa shape index (κ3) is 3.74. The van der Waals surface area contributed by atoms with Gasteiger partial charge < -0.3 is 0 Å². The molecule has 0 aromatic heterocycles. The van der Waals surface area contributed by atoms with Gasteiger partial charge in [-0.25, -0.2) is 0 Å². The van der Waals surface area contributed by atoms with Crippen LogP contribution in [-0.4, -0.2) is 0 Å². The Kier molecular flexibility index (Phi) is 5.48. The first-order valence-electron chi connectivity index (χ1n) is 6.40. The van der Waals surface area contributed by atoms with Crippen molar-refractivity contribution in [3.8, 4) is 0 Å². The van der Waals surface area contributed by atoms with Crippen LogP contribution in [0.3, 0.4) is 0 Å². The van der Waals surface area contributed by atoms with Crippen LogP contribution in [0.5, 0.6) is 0 Å². The molecule has 1 aliphatic rings. The molecule has 0 fully saturated rings. The average molecular weight is 226 g/mol. The highest BCUT2D eigenvalue weighted by Crippen LogP contribution is 2.18. The molecular weight excluding hydrogens is 204 g/mol. The third-order valence-corrected chi connectivity index (χ3v) is 2.80. The van der Waals surface area contributed by atoms with Crippen molar-refractivity contribution in [1.29, 1.82) is 0 Å². The second kappa shape index (κ2) is 6.90. The SMILES string of the molecule is C=c1cccc/c1=C/C1=CCCC=C1C.CC. The van der Waals surface area contributed by atoms with Crippen LogP contribution >= 0.6 is 0 Å². The molecule has 0 heteroatoms. The molecule has 0 amide bonds. The van der Waals surface area contributed by atoms with Crippen molar-refractivity contribution < 1.29 is 0 Å². The summed E-state index contributed by atoms with van der Waals surface area (Å²) in [4.78, 5) is 0. The predicted octanol–water partition coefficient (Wildman–Crippen LogP) is 3.57. The fourth-order valence-corrected chi connectivity index (χ4v) is 1.83. The lowest BCUT2D eigenvalue weighted by Crippen LogP contribution is -2.22. The summed E-state index contributed by atoms with van der Waals surface area (Å²) >= 11 is 0. The van der Waals surface area contributed by atoms with Crippen LogP contribution < -0.4 is 10.4 Å². The lowest BCUT2D eigenvalue weighted by molar-refractivity contribution is 1.01. The molecule has 1 aromatic rings. The maximum absolute atomic E-state index is 4.03. The van der Waals surface area contributed by atoms with Crippen molar-refractivity contribution in [2.75, 3.05) is 0 Å². The fraction of sp³-hybridized carbons (Fsp3) is 0.294. The van der Waals surface area contributed by atoms with E-state index < -0.39 is 0 Å². The topological polar surface area (TPSA) is 0 Å². The molecule has 0 spiro atoms. The molecule has 0 N–H and O–H groups in total. The number of benzene rings is 1. The van der Waals surface area contributed by atoms with Crippen LogP contribution in [0.2, 0.25) is 0 Å². The van der Waals surface area contributed by atoms with Crippen molar-refractivity contribution in [1.82, 2.24) is 0 Å². The molecule has 0 heterocycles. The van der Waals surface area contributed by atoms with E-state index >= 15 is 0 Å². The van der Waals surface area contributed by atoms with E-state index in [9.17, 15) is 0 Å². The van der Waals surface area contributed by atoms with Gasteiger partial charge in [-0.1, -0.05) is 56.8 Å². The highest BCUT2D eigenvalue weighted by Gasteiger charge is 2.00. The van der Waals surface area contributed by atoms with Crippen LogP contribution in [0.15, 0.2) is 47.6 Å². The molecule has 0 radical (unpaired) electrons. The van der Waals surface area contributed by atoms with E-state index in [0.717, 1.165) is 11.6 Å². The Hall–Kier alpha value is -1.56. The minimum absolute atomic E-state index is 1.09. The first-order valence-corrected chi connectivity index (χ1v) is 6.40. The van der Waals surface area contributed by atoms with Crippen molar-refractivity contribution in [2.24, 2.45) is 0 Å². The van der Waals surface area contributed by atoms with Gasteiger partial charge in [-0.15, -0.1) is 0 Å². The molecule has 1 aromatic carbocycles. The first-order chi connectivity index (χ1) is 8.27. The largest absolute Gasteiger partial charge is 0.0912 e. The minimum atomic E-state index is 1.09. The van der Waals surface area contributed by atoms with Gasteiger partial charge in [0.2, 0.25) is 0 Å². The molecule has 0 unspecified atom stereocenters. The molecule has 0 atom stereocenters. The van der Waals surface area contributed by atoms with E-state index in [2.05, 4.69) is 43.9 Å². The summed E-state index contributed by atoms with van der Waals surface area (Å²) in [7, 11) is 0. The molecule has 0 nitrogen and oxygen atoms in total. The summed E-state index contributed by atoms with van der Waals surface area (Å²) in [5.74, 6) is 0. The molecule has 0 aliphatic heterocycles. The van der Waals surface area contributed by atoms with Crippen LogP contribution in [0.4, 0.5) is 0 Å². The minimum Gasteiger partial charge on any atom is -0.0912 e. The number of allylic oxidation sites excluding steroid dienone is 4. The Morgan fingerprint density at radius 3 is 2.35 bits per heavy atom. The lowest BCUT2D eigenvalue weighted by Gasteiger charge is -2.08. The van der Waals surface area contributed by atoms with Gasteiger partial charge in [-0.05, 0) is 47.4 Å². The van der Waals surface area contributed by atoms with Gasteiger partial charge in [0.25, 0.3) is 0 Å². The van der Waals surface area contributed by atoms with Crippen LogP contribution in [0.25, 0.3) is 12.7 Å². The Bertz CT molecular complexity index is 515. The molecule has 0 saturated heterocycles. The Morgan fingerprint density at radius 2 is 1.71 bits per heavy atom. The lowest BCUT2D eigenvalue weighted by atomic mass is 9.98. The van der Waals surface area contributed by atoms with E-state index in [1.54, 1.807) is 0 Å². The standard InChI is InChI=1S/C15H16.C2H6/c1-12-7-3-5-9-14(12)11-15-10-6-4-8-13(15)2;1-2/h3,5,7-11H,1,4,6H2,2H3;1-2H3/b14-11-;. The zero-order valence-corrected chi connectivity index (χ0v) is 11.2. The second-order valence-corrected chi connectivity index (χ2v) is 3.97. The van der Waals surface area contributed by atoms with Gasteiger partial charge in [0.05, 0.1) is 0 Å².